The van der Waals surface area contributed by atoms with Crippen LogP contribution in [0.5, 0.6) is 0 Å². The molecule has 0 aliphatic carbocycles. The second kappa shape index (κ2) is 8.06. The van der Waals surface area contributed by atoms with Gasteiger partial charge < -0.3 is 14.6 Å². The predicted octanol–water partition coefficient (Wildman–Crippen LogP) is 1.42. The topological polar surface area (TPSA) is 72.8 Å². The van der Waals surface area contributed by atoms with E-state index in [0.29, 0.717) is 6.61 Å². The average molecular weight is 246 g/mol. The van der Waals surface area contributed by atoms with E-state index in [1.165, 1.54) is 6.92 Å². The molecule has 0 amide bonds. The van der Waals surface area contributed by atoms with Gasteiger partial charge in [0.05, 0.1) is 25.2 Å². The number of rotatable bonds is 8. The minimum absolute atomic E-state index is 0.104. The van der Waals surface area contributed by atoms with Crippen LogP contribution >= 0.6 is 0 Å². The minimum Gasteiger partial charge on any atom is -0.466 e. The highest BCUT2D eigenvalue weighted by molar-refractivity contribution is 5.71. The van der Waals surface area contributed by atoms with Gasteiger partial charge in [0, 0.05) is 6.42 Å². The molecule has 1 unspecified atom stereocenters. The molecular weight excluding hydrogens is 224 g/mol. The summed E-state index contributed by atoms with van der Waals surface area (Å²) < 4.78 is 9.61. The smallest absolute Gasteiger partial charge is 0.308 e. The van der Waals surface area contributed by atoms with Crippen molar-refractivity contribution in [1.29, 1.82) is 0 Å². The van der Waals surface area contributed by atoms with Crippen molar-refractivity contribution in [2.45, 2.75) is 52.1 Å². The van der Waals surface area contributed by atoms with Gasteiger partial charge in [0.25, 0.3) is 0 Å². The van der Waals surface area contributed by atoms with Gasteiger partial charge in [-0.25, -0.2) is 0 Å². The highest BCUT2D eigenvalue weighted by Crippen LogP contribution is 2.17. The van der Waals surface area contributed by atoms with Crippen LogP contribution in [0.3, 0.4) is 0 Å². The highest BCUT2D eigenvalue weighted by Gasteiger charge is 2.26. The summed E-state index contributed by atoms with van der Waals surface area (Å²) in [6.07, 6.45) is 0.952. The Morgan fingerprint density at radius 2 is 1.82 bits per heavy atom. The van der Waals surface area contributed by atoms with E-state index in [4.69, 9.17) is 9.47 Å². The lowest BCUT2D eigenvalue weighted by atomic mass is 9.96. The number of aliphatic hydroxyl groups is 1. The van der Waals surface area contributed by atoms with E-state index in [1.54, 1.807) is 6.92 Å². The fourth-order valence-corrected chi connectivity index (χ4v) is 1.27. The fourth-order valence-electron chi connectivity index (χ4n) is 1.27. The van der Waals surface area contributed by atoms with E-state index in [9.17, 15) is 14.7 Å². The third kappa shape index (κ3) is 8.68. The molecule has 0 aliphatic rings. The summed E-state index contributed by atoms with van der Waals surface area (Å²) in [4.78, 5) is 22.4. The Hall–Kier alpha value is -1.10. The van der Waals surface area contributed by atoms with Crippen molar-refractivity contribution in [3.05, 3.63) is 0 Å². The lowest BCUT2D eigenvalue weighted by Gasteiger charge is -2.21. The Balaban J connectivity index is 3.91. The van der Waals surface area contributed by atoms with Gasteiger partial charge in [0.1, 0.15) is 0 Å². The summed E-state index contributed by atoms with van der Waals surface area (Å²) in [6, 6.07) is 0. The summed E-state index contributed by atoms with van der Waals surface area (Å²) in [5.41, 5.74) is -1.22. The first-order valence-corrected chi connectivity index (χ1v) is 5.95. The van der Waals surface area contributed by atoms with Gasteiger partial charge in [0.15, 0.2) is 0 Å². The molecule has 0 spiro atoms. The maximum Gasteiger partial charge on any atom is 0.308 e. The van der Waals surface area contributed by atoms with Crippen molar-refractivity contribution < 1.29 is 24.2 Å². The van der Waals surface area contributed by atoms with Gasteiger partial charge in [-0.1, -0.05) is 6.92 Å². The molecule has 0 rings (SSSR count). The van der Waals surface area contributed by atoms with Gasteiger partial charge in [0.2, 0.25) is 0 Å². The molecule has 0 aromatic rings. The van der Waals surface area contributed by atoms with Gasteiger partial charge in [-0.15, -0.1) is 0 Å². The number of esters is 2. The van der Waals surface area contributed by atoms with Gasteiger partial charge >= 0.3 is 11.9 Å². The molecule has 17 heavy (non-hydrogen) atoms. The average Bonchev–Trinajstić information content (AvgIpc) is 2.23. The van der Waals surface area contributed by atoms with E-state index < -0.39 is 11.6 Å². The Labute approximate surface area is 102 Å². The molecule has 5 heteroatoms. The predicted molar refractivity (Wildman–Crippen MR) is 62.4 cm³/mol. The summed E-state index contributed by atoms with van der Waals surface area (Å²) in [6.45, 7) is 5.79. The molecule has 0 radical (unpaired) electrons. The molecule has 0 aromatic heterocycles. The number of hydrogen-bond donors (Lipinski definition) is 1. The number of carbonyl (C=O) groups is 2. The van der Waals surface area contributed by atoms with Crippen LogP contribution in [0.15, 0.2) is 0 Å². The molecular formula is C12H22O5. The zero-order valence-electron chi connectivity index (χ0n) is 10.8. The van der Waals surface area contributed by atoms with E-state index in [-0.39, 0.29) is 31.8 Å². The first-order chi connectivity index (χ1) is 7.91. The van der Waals surface area contributed by atoms with Gasteiger partial charge in [-0.3, -0.25) is 9.59 Å². The molecule has 0 saturated heterocycles. The number of ether oxygens (including phenoxy) is 2. The first kappa shape index (κ1) is 15.9. The fraction of sp³-hybridized carbons (Fsp3) is 0.833. The lowest BCUT2D eigenvalue weighted by Crippen LogP contribution is -2.29. The third-order valence-electron chi connectivity index (χ3n) is 2.17. The van der Waals surface area contributed by atoms with Crippen LogP contribution in [-0.2, 0) is 19.1 Å². The van der Waals surface area contributed by atoms with Crippen LogP contribution in [-0.4, -0.2) is 35.9 Å². The quantitative estimate of drug-likeness (QED) is 0.656. The van der Waals surface area contributed by atoms with E-state index >= 15 is 0 Å². The van der Waals surface area contributed by atoms with Crippen LogP contribution in [0.4, 0.5) is 0 Å². The van der Waals surface area contributed by atoms with E-state index in [0.717, 1.165) is 6.42 Å². The lowest BCUT2D eigenvalue weighted by molar-refractivity contribution is -0.151. The molecule has 0 aliphatic heterocycles. The van der Waals surface area contributed by atoms with Crippen LogP contribution in [0.2, 0.25) is 0 Å². The molecule has 1 N–H and O–H groups in total. The molecule has 5 nitrogen and oxygen atoms in total. The Morgan fingerprint density at radius 1 is 1.18 bits per heavy atom. The van der Waals surface area contributed by atoms with Crippen molar-refractivity contribution in [2.75, 3.05) is 13.2 Å². The van der Waals surface area contributed by atoms with Crippen LogP contribution in [0.1, 0.15) is 46.5 Å². The maximum atomic E-state index is 11.2. The van der Waals surface area contributed by atoms with Crippen molar-refractivity contribution in [3.63, 3.8) is 0 Å². The second-order valence-corrected chi connectivity index (χ2v) is 4.20. The second-order valence-electron chi connectivity index (χ2n) is 4.20. The van der Waals surface area contributed by atoms with Crippen molar-refractivity contribution >= 4 is 11.9 Å². The minimum atomic E-state index is -1.22. The van der Waals surface area contributed by atoms with Crippen molar-refractivity contribution in [1.82, 2.24) is 0 Å². The van der Waals surface area contributed by atoms with Crippen molar-refractivity contribution in [2.24, 2.45) is 0 Å². The van der Waals surface area contributed by atoms with Crippen LogP contribution in [0, 0.1) is 0 Å². The molecule has 100 valence electrons. The molecule has 0 heterocycles. The van der Waals surface area contributed by atoms with E-state index in [1.807, 2.05) is 6.92 Å². The van der Waals surface area contributed by atoms with Crippen LogP contribution < -0.4 is 0 Å². The molecule has 0 saturated carbocycles. The van der Waals surface area contributed by atoms with Crippen molar-refractivity contribution in [3.8, 4) is 0 Å². The van der Waals surface area contributed by atoms with Gasteiger partial charge in [-0.2, -0.15) is 0 Å². The normalized spacial score (nSPS) is 13.9. The Morgan fingerprint density at radius 3 is 2.35 bits per heavy atom. The molecule has 1 atom stereocenters. The Kier molecular flexibility index (Phi) is 7.54. The SMILES string of the molecule is CCCOC(=O)CCC(C)(O)CC(=O)OCC. The zero-order valence-corrected chi connectivity index (χ0v) is 10.8. The van der Waals surface area contributed by atoms with E-state index in [2.05, 4.69) is 0 Å². The number of carbonyl (C=O) groups excluding carboxylic acids is 2. The summed E-state index contributed by atoms with van der Waals surface area (Å²) in [7, 11) is 0. The molecule has 0 fully saturated rings. The first-order valence-electron chi connectivity index (χ1n) is 5.95. The monoisotopic (exact) mass is 246 g/mol. The standard InChI is InChI=1S/C12H22O5/c1-4-8-17-10(13)6-7-12(3,15)9-11(14)16-5-2/h15H,4-9H2,1-3H3. The third-order valence-corrected chi connectivity index (χ3v) is 2.17. The molecule has 0 aromatic carbocycles. The molecule has 0 bridgehead atoms. The Bertz CT molecular complexity index is 247. The maximum absolute atomic E-state index is 11.2. The van der Waals surface area contributed by atoms with Crippen LogP contribution in [0.25, 0.3) is 0 Å². The number of hydrogen-bond acceptors (Lipinski definition) is 5. The highest BCUT2D eigenvalue weighted by atomic mass is 16.5. The zero-order chi connectivity index (χ0) is 13.3. The summed E-state index contributed by atoms with van der Waals surface area (Å²) >= 11 is 0. The summed E-state index contributed by atoms with van der Waals surface area (Å²) in [5.74, 6) is -0.810. The van der Waals surface area contributed by atoms with Gasteiger partial charge in [-0.05, 0) is 26.7 Å². The summed E-state index contributed by atoms with van der Waals surface area (Å²) in [5, 5.41) is 9.88. The largest absolute Gasteiger partial charge is 0.466 e.